The normalized spacial score (nSPS) is 36.0. The summed E-state index contributed by atoms with van der Waals surface area (Å²) in [5.41, 5.74) is -0.716. The Hall–Kier alpha value is -0.800. The Morgan fingerprint density at radius 1 is 1.22 bits per heavy atom. The maximum Gasteiger partial charge on any atom is 0.465 e. The topological polar surface area (TPSA) is 101 Å². The summed E-state index contributed by atoms with van der Waals surface area (Å²) in [5.74, 6) is -1.85. The van der Waals surface area contributed by atoms with Crippen LogP contribution >= 0.6 is 0 Å². The van der Waals surface area contributed by atoms with Gasteiger partial charge in [-0.3, -0.25) is 4.55 Å². The third-order valence-electron chi connectivity index (χ3n) is 5.12. The molecule has 2 rings (SSSR count). The highest BCUT2D eigenvalue weighted by Crippen LogP contribution is 2.45. The Balaban J connectivity index is 1.89. The second-order valence-electron chi connectivity index (χ2n) is 6.79. The molecule has 2 aliphatic carbocycles. The summed E-state index contributed by atoms with van der Waals surface area (Å²) >= 11 is 0. The molecule has 0 aliphatic heterocycles. The molecular formula is C14H22F2O6S. The van der Waals surface area contributed by atoms with Crippen LogP contribution in [0.25, 0.3) is 0 Å². The number of halogens is 2. The van der Waals surface area contributed by atoms with Gasteiger partial charge in [-0.2, -0.15) is 17.2 Å². The number of ether oxygens (including phenoxy) is 1. The molecule has 0 aromatic rings. The fraction of sp³-hybridized carbons (Fsp3) is 0.929. The van der Waals surface area contributed by atoms with Gasteiger partial charge in [-0.05, 0) is 57.3 Å². The van der Waals surface area contributed by atoms with Crippen molar-refractivity contribution in [1.29, 1.82) is 0 Å². The Bertz CT molecular complexity index is 552. The van der Waals surface area contributed by atoms with E-state index < -0.39 is 33.0 Å². The van der Waals surface area contributed by atoms with Gasteiger partial charge in [0.1, 0.15) is 6.10 Å². The summed E-state index contributed by atoms with van der Waals surface area (Å²) in [6.45, 7) is 1.81. The maximum atomic E-state index is 13.2. The first-order valence-electron chi connectivity index (χ1n) is 7.73. The number of hydrogen-bond donors (Lipinski definition) is 2. The van der Waals surface area contributed by atoms with E-state index >= 15 is 0 Å². The number of hydrogen-bond acceptors (Lipinski definition) is 5. The Morgan fingerprint density at radius 2 is 1.78 bits per heavy atom. The molecule has 0 heterocycles. The Kier molecular flexibility index (Phi) is 5.04. The van der Waals surface area contributed by atoms with E-state index in [-0.39, 0.29) is 11.8 Å². The smallest absolute Gasteiger partial charge is 0.457 e. The molecule has 2 saturated carbocycles. The largest absolute Gasteiger partial charge is 0.465 e. The van der Waals surface area contributed by atoms with E-state index in [1.165, 1.54) is 0 Å². The molecule has 0 amide bonds. The van der Waals surface area contributed by atoms with Crippen molar-refractivity contribution in [3.8, 4) is 0 Å². The van der Waals surface area contributed by atoms with Gasteiger partial charge in [0.05, 0.1) is 5.60 Å². The molecule has 0 bridgehead atoms. The average Bonchev–Trinajstić information content (AvgIpc) is 2.78. The van der Waals surface area contributed by atoms with E-state index in [0.29, 0.717) is 25.7 Å². The molecule has 134 valence electrons. The van der Waals surface area contributed by atoms with Crippen molar-refractivity contribution in [2.45, 2.75) is 68.8 Å². The quantitative estimate of drug-likeness (QED) is 0.591. The summed E-state index contributed by atoms with van der Waals surface area (Å²) in [6, 6.07) is 0. The molecule has 0 radical (unpaired) electrons. The molecule has 2 unspecified atom stereocenters. The van der Waals surface area contributed by atoms with Gasteiger partial charge in [-0.25, -0.2) is 4.79 Å². The number of aliphatic hydroxyl groups is 1. The third kappa shape index (κ3) is 3.83. The van der Waals surface area contributed by atoms with Crippen molar-refractivity contribution in [1.82, 2.24) is 0 Å². The molecule has 9 heteroatoms. The van der Waals surface area contributed by atoms with Crippen molar-refractivity contribution < 1.29 is 36.4 Å². The number of alkyl halides is 2. The van der Waals surface area contributed by atoms with Gasteiger partial charge < -0.3 is 9.84 Å². The van der Waals surface area contributed by atoms with E-state index in [1.54, 1.807) is 0 Å². The number of carbonyl (C=O) groups excluding carboxylic acids is 1. The van der Waals surface area contributed by atoms with Crippen LogP contribution in [-0.4, -0.2) is 41.0 Å². The molecule has 2 aliphatic rings. The molecule has 2 atom stereocenters. The molecule has 0 aromatic carbocycles. The Labute approximate surface area is 134 Å². The standard InChI is InChI=1S/C14H22F2O6S/c1-13(18)8-2-3-11(13)9-4-6-10(7-5-9)22-12(17)14(15,16)23(19,20)21/h9-11,18H,2-8H2,1H3,(H,19,20,21). The van der Waals surface area contributed by atoms with E-state index in [2.05, 4.69) is 4.74 Å². The lowest BCUT2D eigenvalue weighted by molar-refractivity contribution is -0.169. The lowest BCUT2D eigenvalue weighted by Gasteiger charge is -2.37. The summed E-state index contributed by atoms with van der Waals surface area (Å²) in [7, 11) is -5.83. The van der Waals surface area contributed by atoms with Crippen LogP contribution in [0, 0.1) is 11.8 Å². The molecule has 0 aromatic heterocycles. The first-order chi connectivity index (χ1) is 10.4. The molecule has 0 spiro atoms. The second kappa shape index (κ2) is 6.25. The first-order valence-corrected chi connectivity index (χ1v) is 9.17. The number of carbonyl (C=O) groups is 1. The van der Waals surface area contributed by atoms with Crippen LogP contribution in [0.3, 0.4) is 0 Å². The number of rotatable bonds is 4. The predicted molar refractivity (Wildman–Crippen MR) is 76.3 cm³/mol. The molecule has 0 saturated heterocycles. The zero-order valence-corrected chi connectivity index (χ0v) is 13.7. The zero-order valence-electron chi connectivity index (χ0n) is 12.9. The van der Waals surface area contributed by atoms with Gasteiger partial charge >= 0.3 is 21.3 Å². The van der Waals surface area contributed by atoms with Gasteiger partial charge in [-0.15, -0.1) is 0 Å². The number of esters is 1. The van der Waals surface area contributed by atoms with Gasteiger partial charge in [0.25, 0.3) is 0 Å². The fourth-order valence-corrected chi connectivity index (χ4v) is 4.11. The highest BCUT2D eigenvalue weighted by Gasteiger charge is 2.55. The summed E-state index contributed by atoms with van der Waals surface area (Å²) < 4.78 is 60.3. The summed E-state index contributed by atoms with van der Waals surface area (Å²) in [6.07, 6.45) is 3.74. The van der Waals surface area contributed by atoms with Crippen LogP contribution < -0.4 is 0 Å². The van der Waals surface area contributed by atoms with Crippen molar-refractivity contribution in [2.75, 3.05) is 0 Å². The Morgan fingerprint density at radius 3 is 2.22 bits per heavy atom. The van der Waals surface area contributed by atoms with Crippen LogP contribution in [0.15, 0.2) is 0 Å². The summed E-state index contributed by atoms with van der Waals surface area (Å²) in [5, 5.41) is 5.39. The van der Waals surface area contributed by atoms with Crippen LogP contribution in [-0.2, 0) is 19.6 Å². The van der Waals surface area contributed by atoms with Crippen molar-refractivity contribution >= 4 is 16.1 Å². The molecule has 2 fully saturated rings. The lowest BCUT2D eigenvalue weighted by atomic mass is 9.73. The van der Waals surface area contributed by atoms with Crippen molar-refractivity contribution in [3.63, 3.8) is 0 Å². The maximum absolute atomic E-state index is 13.2. The second-order valence-corrected chi connectivity index (χ2v) is 8.25. The minimum absolute atomic E-state index is 0.151. The van der Waals surface area contributed by atoms with Gasteiger partial charge in [0, 0.05) is 0 Å². The minimum Gasteiger partial charge on any atom is -0.457 e. The van der Waals surface area contributed by atoms with E-state index in [4.69, 9.17) is 4.55 Å². The zero-order chi connectivity index (χ0) is 17.5. The van der Waals surface area contributed by atoms with Crippen molar-refractivity contribution in [3.05, 3.63) is 0 Å². The fourth-order valence-electron chi connectivity index (χ4n) is 3.85. The first kappa shape index (κ1) is 18.5. The minimum atomic E-state index is -5.83. The molecule has 23 heavy (non-hydrogen) atoms. The molecule has 2 N–H and O–H groups in total. The van der Waals surface area contributed by atoms with E-state index in [0.717, 1.165) is 19.3 Å². The van der Waals surface area contributed by atoms with Gasteiger partial charge in [0.15, 0.2) is 0 Å². The molecular weight excluding hydrogens is 334 g/mol. The predicted octanol–water partition coefficient (Wildman–Crippen LogP) is 2.12. The monoisotopic (exact) mass is 356 g/mol. The third-order valence-corrected chi connectivity index (χ3v) is 5.93. The van der Waals surface area contributed by atoms with E-state index in [1.807, 2.05) is 6.92 Å². The average molecular weight is 356 g/mol. The van der Waals surface area contributed by atoms with Crippen LogP contribution in [0.4, 0.5) is 8.78 Å². The molecule has 6 nitrogen and oxygen atoms in total. The van der Waals surface area contributed by atoms with Crippen LogP contribution in [0.2, 0.25) is 0 Å². The SMILES string of the molecule is CC1(O)CCCC1C1CCC(OC(=O)C(F)(F)S(=O)(=O)O)CC1. The van der Waals surface area contributed by atoms with Crippen LogP contribution in [0.1, 0.15) is 51.9 Å². The van der Waals surface area contributed by atoms with Crippen molar-refractivity contribution in [2.24, 2.45) is 11.8 Å². The summed E-state index contributed by atoms with van der Waals surface area (Å²) in [4.78, 5) is 11.3. The van der Waals surface area contributed by atoms with E-state index in [9.17, 15) is 27.1 Å². The van der Waals surface area contributed by atoms with Crippen LogP contribution in [0.5, 0.6) is 0 Å². The van der Waals surface area contributed by atoms with Gasteiger partial charge in [-0.1, -0.05) is 6.42 Å². The highest BCUT2D eigenvalue weighted by atomic mass is 32.2. The van der Waals surface area contributed by atoms with Gasteiger partial charge in [0.2, 0.25) is 0 Å². The lowest BCUT2D eigenvalue weighted by Crippen LogP contribution is -2.42. The highest BCUT2D eigenvalue weighted by molar-refractivity contribution is 7.87.